The Morgan fingerprint density at radius 2 is 1.70 bits per heavy atom. The number of carbonyl (C=O) groups excluding carboxylic acids is 1. The van der Waals surface area contributed by atoms with Crippen LogP contribution in [0.25, 0.3) is 0 Å². The maximum absolute atomic E-state index is 12.6. The summed E-state index contributed by atoms with van der Waals surface area (Å²) in [5.74, 6) is -0.204. The normalized spacial score (nSPS) is 25.0. The maximum atomic E-state index is 12.6. The third-order valence-corrected chi connectivity index (χ3v) is 5.42. The van der Waals surface area contributed by atoms with Crippen molar-refractivity contribution in [1.82, 2.24) is 4.90 Å². The molecule has 1 heterocycles. The molecule has 4 nitrogen and oxygen atoms in total. The van der Waals surface area contributed by atoms with E-state index in [0.717, 1.165) is 18.7 Å². The first kappa shape index (κ1) is 16.0. The second-order valence-electron chi connectivity index (χ2n) is 7.03. The van der Waals surface area contributed by atoms with Crippen LogP contribution < -0.4 is 0 Å². The summed E-state index contributed by atoms with van der Waals surface area (Å²) in [6, 6.07) is 9.56. The predicted octanol–water partition coefficient (Wildman–Crippen LogP) is 2.97. The summed E-state index contributed by atoms with van der Waals surface area (Å²) in [6.07, 6.45) is 5.53. The summed E-state index contributed by atoms with van der Waals surface area (Å²) >= 11 is 0. The Morgan fingerprint density at radius 1 is 1.09 bits per heavy atom. The smallest absolute Gasteiger partial charge is 0.307 e. The number of fused-ring (bicyclic) bond motifs is 1. The van der Waals surface area contributed by atoms with Gasteiger partial charge in [-0.3, -0.25) is 9.59 Å². The highest BCUT2D eigenvalue weighted by molar-refractivity contribution is 5.82. The first-order chi connectivity index (χ1) is 11.1. The van der Waals surface area contributed by atoms with Gasteiger partial charge < -0.3 is 10.0 Å². The second-order valence-corrected chi connectivity index (χ2v) is 7.03. The lowest BCUT2D eigenvalue weighted by Gasteiger charge is -2.22. The molecule has 1 aliphatic carbocycles. The quantitative estimate of drug-likeness (QED) is 0.909. The number of aliphatic carboxylic acids is 1. The number of carboxylic acids is 1. The van der Waals surface area contributed by atoms with E-state index in [4.69, 9.17) is 0 Å². The second kappa shape index (κ2) is 7.16. The van der Waals surface area contributed by atoms with Gasteiger partial charge >= 0.3 is 5.97 Å². The lowest BCUT2D eigenvalue weighted by atomic mass is 9.82. The van der Waals surface area contributed by atoms with Crippen molar-refractivity contribution in [1.29, 1.82) is 0 Å². The van der Waals surface area contributed by atoms with Gasteiger partial charge in [-0.1, -0.05) is 43.2 Å². The van der Waals surface area contributed by atoms with Crippen LogP contribution >= 0.6 is 0 Å². The lowest BCUT2D eigenvalue weighted by Crippen LogP contribution is -2.33. The van der Waals surface area contributed by atoms with Gasteiger partial charge in [0.2, 0.25) is 5.91 Å². The van der Waals surface area contributed by atoms with Crippen molar-refractivity contribution in [2.75, 3.05) is 13.1 Å². The van der Waals surface area contributed by atoms with Crippen LogP contribution in [0.5, 0.6) is 0 Å². The molecule has 3 rings (SSSR count). The third-order valence-electron chi connectivity index (χ3n) is 5.42. The predicted molar refractivity (Wildman–Crippen MR) is 87.9 cm³/mol. The monoisotopic (exact) mass is 315 g/mol. The summed E-state index contributed by atoms with van der Waals surface area (Å²) in [5, 5.41) is 9.46. The Kier molecular flexibility index (Phi) is 4.99. The Bertz CT molecular complexity index is 543. The van der Waals surface area contributed by atoms with Crippen LogP contribution in [0, 0.1) is 17.8 Å². The van der Waals surface area contributed by atoms with Crippen LogP contribution in [0.2, 0.25) is 0 Å². The Hall–Kier alpha value is -1.84. The number of hydrogen-bond acceptors (Lipinski definition) is 2. The zero-order chi connectivity index (χ0) is 16.2. The Labute approximate surface area is 137 Å². The highest BCUT2D eigenvalue weighted by Crippen LogP contribution is 2.36. The summed E-state index contributed by atoms with van der Waals surface area (Å²) < 4.78 is 0. The van der Waals surface area contributed by atoms with Gasteiger partial charge in [-0.25, -0.2) is 0 Å². The number of rotatable bonds is 5. The zero-order valence-electron chi connectivity index (χ0n) is 13.5. The summed E-state index contributed by atoms with van der Waals surface area (Å²) in [5.41, 5.74) is 0.975. The summed E-state index contributed by atoms with van der Waals surface area (Å²) in [6.45, 7) is 1.67. The van der Waals surface area contributed by atoms with E-state index in [1.807, 2.05) is 35.2 Å². The number of amides is 1. The topological polar surface area (TPSA) is 57.6 Å². The molecule has 1 amide bonds. The van der Waals surface area contributed by atoms with Crippen LogP contribution in [0.15, 0.2) is 30.3 Å². The van der Waals surface area contributed by atoms with Crippen molar-refractivity contribution in [3.05, 3.63) is 35.9 Å². The Balaban J connectivity index is 1.59. The fourth-order valence-corrected chi connectivity index (χ4v) is 4.09. The van der Waals surface area contributed by atoms with E-state index in [9.17, 15) is 14.7 Å². The minimum Gasteiger partial charge on any atom is -0.481 e. The Morgan fingerprint density at radius 3 is 2.26 bits per heavy atom. The van der Waals surface area contributed by atoms with Crippen LogP contribution in [0.3, 0.4) is 0 Å². The highest BCUT2D eigenvalue weighted by Gasteiger charge is 2.37. The van der Waals surface area contributed by atoms with Crippen LogP contribution in [-0.4, -0.2) is 35.0 Å². The molecule has 0 bridgehead atoms. The number of nitrogens with zero attached hydrogens (tertiary/aromatic N) is 1. The van der Waals surface area contributed by atoms with Crippen molar-refractivity contribution in [3.8, 4) is 0 Å². The number of carbonyl (C=O) groups is 2. The van der Waals surface area contributed by atoms with Gasteiger partial charge in [0.05, 0.1) is 5.92 Å². The molecule has 4 heteroatoms. The molecule has 124 valence electrons. The number of carboxylic acid groups (broad SMARTS) is 1. The molecule has 2 aliphatic rings. The molecular formula is C19H25NO3. The van der Waals surface area contributed by atoms with Crippen molar-refractivity contribution in [3.63, 3.8) is 0 Å². The van der Waals surface area contributed by atoms with Gasteiger partial charge in [0, 0.05) is 19.5 Å². The van der Waals surface area contributed by atoms with Crippen molar-refractivity contribution in [2.45, 2.75) is 38.5 Å². The number of hydrogen-bond donors (Lipinski definition) is 1. The fraction of sp³-hybridized carbons (Fsp3) is 0.579. The van der Waals surface area contributed by atoms with Gasteiger partial charge in [-0.15, -0.1) is 0 Å². The van der Waals surface area contributed by atoms with Gasteiger partial charge in [0.25, 0.3) is 0 Å². The van der Waals surface area contributed by atoms with E-state index < -0.39 is 11.9 Å². The lowest BCUT2D eigenvalue weighted by molar-refractivity contribution is -0.145. The van der Waals surface area contributed by atoms with E-state index in [-0.39, 0.29) is 12.3 Å². The number of likely N-dealkylation sites (tertiary alicyclic amines) is 1. The van der Waals surface area contributed by atoms with E-state index in [1.54, 1.807) is 0 Å². The van der Waals surface area contributed by atoms with Crippen molar-refractivity contribution in [2.24, 2.45) is 17.8 Å². The maximum Gasteiger partial charge on any atom is 0.307 e. The minimum atomic E-state index is -0.876. The first-order valence-electron chi connectivity index (χ1n) is 8.68. The summed E-state index contributed by atoms with van der Waals surface area (Å²) in [4.78, 5) is 26.0. The van der Waals surface area contributed by atoms with E-state index >= 15 is 0 Å². The molecule has 0 radical (unpaired) electrons. The largest absolute Gasteiger partial charge is 0.481 e. The molecule has 0 aromatic heterocycles. The van der Waals surface area contributed by atoms with E-state index in [1.165, 1.54) is 25.7 Å². The molecule has 0 spiro atoms. The van der Waals surface area contributed by atoms with Crippen LogP contribution in [-0.2, 0) is 16.0 Å². The van der Waals surface area contributed by atoms with Gasteiger partial charge in [-0.05, 0) is 36.7 Å². The summed E-state index contributed by atoms with van der Waals surface area (Å²) in [7, 11) is 0. The van der Waals surface area contributed by atoms with Crippen LogP contribution in [0.4, 0.5) is 0 Å². The SMILES string of the molecule is O=C(O)C(CC(=O)N1CC2CCCC[C@H]2C1)Cc1ccccc1. The van der Waals surface area contributed by atoms with Crippen molar-refractivity contribution >= 4 is 11.9 Å². The molecule has 1 N–H and O–H groups in total. The first-order valence-corrected chi connectivity index (χ1v) is 8.68. The molecule has 3 atom stereocenters. The molecular weight excluding hydrogens is 290 g/mol. The fourth-order valence-electron chi connectivity index (χ4n) is 4.09. The average Bonchev–Trinajstić information content (AvgIpc) is 2.99. The van der Waals surface area contributed by atoms with E-state index in [2.05, 4.69) is 0 Å². The molecule has 1 aromatic rings. The van der Waals surface area contributed by atoms with Gasteiger partial charge in [0.15, 0.2) is 0 Å². The molecule has 1 aromatic carbocycles. The number of benzene rings is 1. The van der Waals surface area contributed by atoms with E-state index in [0.29, 0.717) is 18.3 Å². The highest BCUT2D eigenvalue weighted by atomic mass is 16.4. The molecule has 1 saturated carbocycles. The van der Waals surface area contributed by atoms with Crippen molar-refractivity contribution < 1.29 is 14.7 Å². The third kappa shape index (κ3) is 3.92. The molecule has 2 fully saturated rings. The zero-order valence-corrected chi connectivity index (χ0v) is 13.5. The standard InChI is InChI=1S/C19H25NO3/c21-18(20-12-15-8-4-5-9-16(15)13-20)11-17(19(22)23)10-14-6-2-1-3-7-14/h1-3,6-7,15-17H,4-5,8-13H2,(H,22,23)/t15-,16?,17?/m0/s1. The molecule has 23 heavy (non-hydrogen) atoms. The van der Waals surface area contributed by atoms with Gasteiger partial charge in [0.1, 0.15) is 0 Å². The average molecular weight is 315 g/mol. The van der Waals surface area contributed by atoms with Crippen LogP contribution in [0.1, 0.15) is 37.7 Å². The molecule has 1 saturated heterocycles. The van der Waals surface area contributed by atoms with Gasteiger partial charge in [-0.2, -0.15) is 0 Å². The minimum absolute atomic E-state index is 0.0164. The molecule has 1 aliphatic heterocycles. The molecule has 2 unspecified atom stereocenters.